The largest absolute Gasteiger partial charge is 0.379 e. The molecular weight excluding hydrogens is 254 g/mol. The van der Waals surface area contributed by atoms with E-state index < -0.39 is 0 Å². The fourth-order valence-electron chi connectivity index (χ4n) is 4.51. The topological polar surface area (TPSA) is 44.8 Å². The fourth-order valence-corrected chi connectivity index (χ4v) is 4.51. The van der Waals surface area contributed by atoms with E-state index in [1.807, 2.05) is 0 Å². The first-order chi connectivity index (χ1) is 9.81. The number of amides is 1. The minimum absolute atomic E-state index is 0.261. The number of nitrogens with zero attached hydrogens (tertiary/aromatic N) is 2. The van der Waals surface area contributed by atoms with Gasteiger partial charge in [-0.15, -0.1) is 0 Å². The van der Waals surface area contributed by atoms with Crippen LogP contribution in [0.2, 0.25) is 0 Å². The summed E-state index contributed by atoms with van der Waals surface area (Å²) in [5, 5.41) is 3.58. The summed E-state index contributed by atoms with van der Waals surface area (Å²) in [6.07, 6.45) is 4.68. The first-order valence-corrected chi connectivity index (χ1v) is 8.18. The molecule has 4 unspecified atom stereocenters. The van der Waals surface area contributed by atoms with Crippen molar-refractivity contribution in [3.05, 3.63) is 0 Å². The van der Waals surface area contributed by atoms with Crippen LogP contribution in [0, 0.1) is 5.92 Å². The van der Waals surface area contributed by atoms with E-state index in [0.717, 1.165) is 52.2 Å². The van der Waals surface area contributed by atoms with E-state index in [1.165, 1.54) is 12.8 Å². The molecule has 1 amide bonds. The smallest absolute Gasteiger partial charge is 0.227 e. The molecule has 4 saturated heterocycles. The summed E-state index contributed by atoms with van der Waals surface area (Å²) in [6.45, 7) is 5.65. The standard InChI is InChI=1S/C15H25N3O2/c19-15(13-9-11-1-2-14(13)16-11)18-4-3-12(10-18)17-5-7-20-8-6-17/h11-14,16H,1-10H2. The van der Waals surface area contributed by atoms with E-state index in [4.69, 9.17) is 4.74 Å². The van der Waals surface area contributed by atoms with Gasteiger partial charge in [-0.2, -0.15) is 0 Å². The van der Waals surface area contributed by atoms with Crippen LogP contribution >= 0.6 is 0 Å². The third-order valence-electron chi connectivity index (χ3n) is 5.65. The van der Waals surface area contributed by atoms with E-state index in [0.29, 0.717) is 24.0 Å². The Kier molecular flexibility index (Phi) is 3.44. The first-order valence-electron chi connectivity index (χ1n) is 8.18. The molecule has 0 aromatic carbocycles. The van der Waals surface area contributed by atoms with Crippen molar-refractivity contribution in [1.82, 2.24) is 15.1 Å². The van der Waals surface area contributed by atoms with Crippen LogP contribution in [0.3, 0.4) is 0 Å². The Morgan fingerprint density at radius 3 is 2.65 bits per heavy atom. The van der Waals surface area contributed by atoms with Crippen molar-refractivity contribution in [2.24, 2.45) is 5.92 Å². The molecule has 112 valence electrons. The van der Waals surface area contributed by atoms with Gasteiger partial charge in [-0.25, -0.2) is 0 Å². The number of rotatable bonds is 2. The van der Waals surface area contributed by atoms with Crippen molar-refractivity contribution < 1.29 is 9.53 Å². The second-order valence-corrected chi connectivity index (χ2v) is 6.76. The van der Waals surface area contributed by atoms with Gasteiger partial charge in [0.15, 0.2) is 0 Å². The minimum atomic E-state index is 0.261. The Hall–Kier alpha value is -0.650. The molecule has 4 heterocycles. The fraction of sp³-hybridized carbons (Fsp3) is 0.933. The Labute approximate surface area is 120 Å². The van der Waals surface area contributed by atoms with Crippen LogP contribution in [0.15, 0.2) is 0 Å². The lowest BCUT2D eigenvalue weighted by atomic mass is 9.88. The van der Waals surface area contributed by atoms with E-state index in [9.17, 15) is 4.79 Å². The van der Waals surface area contributed by atoms with Crippen molar-refractivity contribution in [2.45, 2.75) is 43.8 Å². The Balaban J connectivity index is 1.34. The van der Waals surface area contributed by atoms with Gasteiger partial charge in [-0.3, -0.25) is 9.69 Å². The van der Waals surface area contributed by atoms with Crippen LogP contribution in [0.1, 0.15) is 25.7 Å². The summed E-state index contributed by atoms with van der Waals surface area (Å²) in [7, 11) is 0. The molecule has 0 aliphatic carbocycles. The van der Waals surface area contributed by atoms with Crippen LogP contribution < -0.4 is 5.32 Å². The molecule has 4 aliphatic heterocycles. The highest BCUT2D eigenvalue weighted by atomic mass is 16.5. The number of nitrogens with one attached hydrogen (secondary N) is 1. The number of likely N-dealkylation sites (tertiary alicyclic amines) is 1. The van der Waals surface area contributed by atoms with E-state index >= 15 is 0 Å². The maximum atomic E-state index is 12.7. The van der Waals surface area contributed by atoms with Crippen molar-refractivity contribution in [1.29, 1.82) is 0 Å². The zero-order chi connectivity index (χ0) is 13.5. The van der Waals surface area contributed by atoms with Crippen LogP contribution in [0.4, 0.5) is 0 Å². The lowest BCUT2D eigenvalue weighted by Gasteiger charge is -2.32. The van der Waals surface area contributed by atoms with Gasteiger partial charge >= 0.3 is 0 Å². The number of morpholine rings is 1. The molecule has 0 aromatic rings. The number of hydrogen-bond donors (Lipinski definition) is 1. The minimum Gasteiger partial charge on any atom is -0.379 e. The second kappa shape index (κ2) is 5.28. The van der Waals surface area contributed by atoms with Crippen molar-refractivity contribution in [3.63, 3.8) is 0 Å². The molecule has 20 heavy (non-hydrogen) atoms. The summed E-state index contributed by atoms with van der Waals surface area (Å²) in [4.78, 5) is 17.4. The third kappa shape index (κ3) is 2.26. The van der Waals surface area contributed by atoms with Crippen LogP contribution in [0.25, 0.3) is 0 Å². The highest BCUT2D eigenvalue weighted by Crippen LogP contribution is 2.35. The van der Waals surface area contributed by atoms with Crippen LogP contribution in [-0.4, -0.2) is 73.2 Å². The summed E-state index contributed by atoms with van der Waals surface area (Å²) >= 11 is 0. The van der Waals surface area contributed by atoms with Gasteiger partial charge in [-0.05, 0) is 25.7 Å². The van der Waals surface area contributed by atoms with Crippen LogP contribution in [0.5, 0.6) is 0 Å². The van der Waals surface area contributed by atoms with E-state index in [-0.39, 0.29) is 5.92 Å². The molecule has 5 heteroatoms. The average molecular weight is 279 g/mol. The number of fused-ring (bicyclic) bond motifs is 2. The van der Waals surface area contributed by atoms with Gasteiger partial charge in [0.1, 0.15) is 0 Å². The lowest BCUT2D eigenvalue weighted by Crippen LogP contribution is -2.46. The Morgan fingerprint density at radius 1 is 1.10 bits per heavy atom. The maximum absolute atomic E-state index is 12.7. The highest BCUT2D eigenvalue weighted by molar-refractivity contribution is 5.80. The number of carbonyl (C=O) groups is 1. The van der Waals surface area contributed by atoms with Crippen molar-refractivity contribution >= 4 is 5.91 Å². The Bertz CT molecular complexity index is 383. The zero-order valence-electron chi connectivity index (χ0n) is 12.1. The second-order valence-electron chi connectivity index (χ2n) is 6.76. The van der Waals surface area contributed by atoms with Gasteiger partial charge in [0.05, 0.1) is 19.1 Å². The average Bonchev–Trinajstić information content (AvgIpc) is 3.23. The predicted octanol–water partition coefficient (Wildman–Crippen LogP) is 0.0600. The van der Waals surface area contributed by atoms with Gasteiger partial charge in [0.2, 0.25) is 5.91 Å². The van der Waals surface area contributed by atoms with Gasteiger partial charge in [-0.1, -0.05) is 0 Å². The molecule has 0 spiro atoms. The monoisotopic (exact) mass is 279 g/mol. The molecule has 1 N–H and O–H groups in total. The normalized spacial score (nSPS) is 41.5. The molecule has 0 saturated carbocycles. The maximum Gasteiger partial charge on any atom is 0.227 e. The number of carbonyl (C=O) groups excluding carboxylic acids is 1. The molecule has 4 atom stereocenters. The summed E-state index contributed by atoms with van der Waals surface area (Å²) in [5.74, 6) is 0.678. The molecule has 4 fully saturated rings. The molecule has 5 nitrogen and oxygen atoms in total. The van der Waals surface area contributed by atoms with Gasteiger partial charge in [0, 0.05) is 44.3 Å². The first kappa shape index (κ1) is 13.0. The molecule has 0 aromatic heterocycles. The third-order valence-corrected chi connectivity index (χ3v) is 5.65. The lowest BCUT2D eigenvalue weighted by molar-refractivity contribution is -0.135. The number of ether oxygens (including phenoxy) is 1. The van der Waals surface area contributed by atoms with Gasteiger partial charge < -0.3 is 15.0 Å². The predicted molar refractivity (Wildman–Crippen MR) is 75.4 cm³/mol. The molecule has 4 aliphatic rings. The summed E-state index contributed by atoms with van der Waals surface area (Å²) in [6, 6.07) is 1.65. The van der Waals surface area contributed by atoms with Crippen LogP contribution in [-0.2, 0) is 9.53 Å². The molecule has 0 radical (unpaired) electrons. The summed E-state index contributed by atoms with van der Waals surface area (Å²) < 4.78 is 5.42. The quantitative estimate of drug-likeness (QED) is 0.776. The molecule has 4 rings (SSSR count). The summed E-state index contributed by atoms with van der Waals surface area (Å²) in [5.41, 5.74) is 0. The Morgan fingerprint density at radius 2 is 1.95 bits per heavy atom. The SMILES string of the molecule is O=C(C1CC2CCC1N2)N1CCC(N2CCOCC2)C1. The number of hydrogen-bond acceptors (Lipinski definition) is 4. The zero-order valence-corrected chi connectivity index (χ0v) is 12.1. The molecular formula is C15H25N3O2. The van der Waals surface area contributed by atoms with Gasteiger partial charge in [0.25, 0.3) is 0 Å². The van der Waals surface area contributed by atoms with E-state index in [2.05, 4.69) is 15.1 Å². The highest BCUT2D eigenvalue weighted by Gasteiger charge is 2.45. The van der Waals surface area contributed by atoms with Crippen molar-refractivity contribution in [3.8, 4) is 0 Å². The van der Waals surface area contributed by atoms with E-state index in [1.54, 1.807) is 0 Å². The van der Waals surface area contributed by atoms with Crippen molar-refractivity contribution in [2.75, 3.05) is 39.4 Å². The molecule has 2 bridgehead atoms.